The second-order valence-electron chi connectivity index (χ2n) is 8.09. The molecular formula is C23H30F2IN5O. The van der Waals surface area contributed by atoms with E-state index in [1.165, 1.54) is 12.1 Å². The van der Waals surface area contributed by atoms with Gasteiger partial charge in [0, 0.05) is 64.6 Å². The summed E-state index contributed by atoms with van der Waals surface area (Å²) < 4.78 is 26.7. The fourth-order valence-corrected chi connectivity index (χ4v) is 4.37. The third kappa shape index (κ3) is 5.54. The van der Waals surface area contributed by atoms with Crippen LogP contribution in [0.5, 0.6) is 5.75 Å². The van der Waals surface area contributed by atoms with Crippen molar-refractivity contribution >= 4 is 41.3 Å². The number of aliphatic imine (C=N–C) groups is 1. The molecular weight excluding hydrogens is 527 g/mol. The van der Waals surface area contributed by atoms with Gasteiger partial charge in [-0.2, -0.15) is 0 Å². The van der Waals surface area contributed by atoms with Gasteiger partial charge >= 0.3 is 0 Å². The van der Waals surface area contributed by atoms with Crippen molar-refractivity contribution in [2.45, 2.75) is 6.42 Å². The van der Waals surface area contributed by atoms with Gasteiger partial charge in [0.2, 0.25) is 0 Å². The summed E-state index contributed by atoms with van der Waals surface area (Å²) in [6.45, 7) is 5.68. The highest BCUT2D eigenvalue weighted by Crippen LogP contribution is 2.27. The minimum Gasteiger partial charge on any atom is -0.506 e. The fourth-order valence-electron chi connectivity index (χ4n) is 4.37. The van der Waals surface area contributed by atoms with E-state index in [0.717, 1.165) is 69.6 Å². The monoisotopic (exact) mass is 557 g/mol. The van der Waals surface area contributed by atoms with Gasteiger partial charge in [0.25, 0.3) is 0 Å². The van der Waals surface area contributed by atoms with Crippen LogP contribution >= 0.6 is 24.0 Å². The summed E-state index contributed by atoms with van der Waals surface area (Å²) >= 11 is 0. The average Bonchev–Trinajstić information content (AvgIpc) is 3.26. The largest absolute Gasteiger partial charge is 0.506 e. The summed E-state index contributed by atoms with van der Waals surface area (Å²) in [5, 5.41) is 13.6. The normalized spacial score (nSPS) is 19.2. The molecule has 0 aromatic heterocycles. The molecule has 0 spiro atoms. The molecule has 2 aliphatic heterocycles. The number of benzene rings is 2. The first-order valence-electron chi connectivity index (χ1n) is 10.7. The molecule has 0 aliphatic carbocycles. The van der Waals surface area contributed by atoms with E-state index in [1.54, 1.807) is 19.2 Å². The maximum Gasteiger partial charge on any atom is 0.193 e. The molecule has 2 aromatic carbocycles. The maximum absolute atomic E-state index is 13.5. The van der Waals surface area contributed by atoms with Gasteiger partial charge in [-0.25, -0.2) is 8.78 Å². The Hall–Kier alpha value is -2.30. The first-order chi connectivity index (χ1) is 15.0. The molecule has 2 N–H and O–H groups in total. The van der Waals surface area contributed by atoms with Crippen LogP contribution in [0.15, 0.2) is 47.5 Å². The number of aromatic hydroxyl groups is 1. The Morgan fingerprint density at radius 2 is 1.78 bits per heavy atom. The molecule has 0 amide bonds. The second kappa shape index (κ2) is 11.0. The molecule has 2 aromatic rings. The number of phenolic OH excluding ortho intramolecular Hbond substituents is 1. The van der Waals surface area contributed by atoms with Crippen molar-refractivity contribution in [1.29, 1.82) is 0 Å². The number of nitrogens with zero attached hydrogens (tertiary/aromatic N) is 4. The predicted octanol–water partition coefficient (Wildman–Crippen LogP) is 3.51. The molecule has 2 saturated heterocycles. The van der Waals surface area contributed by atoms with Crippen LogP contribution in [-0.2, 0) is 0 Å². The number of hydrogen-bond acceptors (Lipinski definition) is 4. The molecule has 0 radical (unpaired) electrons. The molecule has 9 heteroatoms. The molecule has 0 saturated carbocycles. The number of anilines is 2. The molecule has 0 bridgehead atoms. The van der Waals surface area contributed by atoms with E-state index in [0.29, 0.717) is 11.7 Å². The lowest BCUT2D eigenvalue weighted by molar-refractivity contribution is 0.366. The Balaban J connectivity index is 0.00000289. The molecule has 32 heavy (non-hydrogen) atoms. The van der Waals surface area contributed by atoms with E-state index in [4.69, 9.17) is 0 Å². The Morgan fingerprint density at radius 3 is 2.47 bits per heavy atom. The van der Waals surface area contributed by atoms with Gasteiger partial charge in [-0.05, 0) is 36.6 Å². The number of halogens is 3. The predicted molar refractivity (Wildman–Crippen MR) is 135 cm³/mol. The van der Waals surface area contributed by atoms with Gasteiger partial charge < -0.3 is 25.1 Å². The van der Waals surface area contributed by atoms with E-state index in [1.807, 2.05) is 18.2 Å². The first-order valence-corrected chi connectivity index (χ1v) is 10.7. The smallest absolute Gasteiger partial charge is 0.193 e. The zero-order chi connectivity index (χ0) is 21.8. The molecule has 2 aliphatic rings. The highest BCUT2D eigenvalue weighted by molar-refractivity contribution is 14.0. The van der Waals surface area contributed by atoms with Crippen LogP contribution < -0.4 is 15.1 Å². The molecule has 2 fully saturated rings. The van der Waals surface area contributed by atoms with Gasteiger partial charge in [-0.15, -0.1) is 24.0 Å². The Labute approximate surface area is 204 Å². The SMILES string of the molecule is CN=C(NCC1CCN(c2ccc(F)c(F)c2)C1)N1CCN(c2ccccc2O)CC1.I. The summed E-state index contributed by atoms with van der Waals surface area (Å²) in [7, 11) is 1.79. The second-order valence-corrected chi connectivity index (χ2v) is 8.09. The van der Waals surface area contributed by atoms with E-state index < -0.39 is 11.6 Å². The number of nitrogens with one attached hydrogen (secondary N) is 1. The summed E-state index contributed by atoms with van der Waals surface area (Å²) in [6, 6.07) is 11.5. The Morgan fingerprint density at radius 1 is 1.03 bits per heavy atom. The Bertz CT molecular complexity index is 936. The van der Waals surface area contributed by atoms with Crippen LogP contribution in [0.1, 0.15) is 6.42 Å². The molecule has 1 unspecified atom stereocenters. The quantitative estimate of drug-likeness (QED) is 0.343. The third-order valence-electron chi connectivity index (χ3n) is 6.12. The third-order valence-corrected chi connectivity index (χ3v) is 6.12. The summed E-state index contributed by atoms with van der Waals surface area (Å²) in [6.07, 6.45) is 0.990. The first kappa shape index (κ1) is 24.3. The van der Waals surface area contributed by atoms with Crippen molar-refractivity contribution in [3.63, 3.8) is 0 Å². The van der Waals surface area contributed by atoms with Gasteiger partial charge in [0.05, 0.1) is 5.69 Å². The van der Waals surface area contributed by atoms with E-state index >= 15 is 0 Å². The fraction of sp³-hybridized carbons (Fsp3) is 0.435. The lowest BCUT2D eigenvalue weighted by atomic mass is 10.1. The molecule has 1 atom stereocenters. The van der Waals surface area contributed by atoms with Crippen molar-refractivity contribution in [2.75, 3.05) is 62.7 Å². The number of hydrogen-bond donors (Lipinski definition) is 2. The minimum atomic E-state index is -0.812. The van der Waals surface area contributed by atoms with Crippen LogP contribution in [0.4, 0.5) is 20.2 Å². The Kier molecular flexibility index (Phi) is 8.38. The maximum atomic E-state index is 13.5. The van der Waals surface area contributed by atoms with Crippen molar-refractivity contribution < 1.29 is 13.9 Å². The molecule has 2 heterocycles. The number of phenols is 1. The number of rotatable bonds is 4. The zero-order valence-electron chi connectivity index (χ0n) is 18.2. The van der Waals surface area contributed by atoms with Gasteiger partial charge in [0.15, 0.2) is 17.6 Å². The standard InChI is InChI=1S/C23H29F2N5O.HI/c1-26-23(29-12-10-28(11-13-29)21-4-2-3-5-22(21)31)27-15-17-8-9-30(16-17)18-6-7-19(24)20(25)14-18;/h2-7,14,17,31H,8-13,15-16H2,1H3,(H,26,27);1H. The minimum absolute atomic E-state index is 0. The van der Waals surface area contributed by atoms with E-state index in [9.17, 15) is 13.9 Å². The highest BCUT2D eigenvalue weighted by Gasteiger charge is 2.25. The average molecular weight is 557 g/mol. The number of piperazine rings is 1. The van der Waals surface area contributed by atoms with Crippen LogP contribution in [0.25, 0.3) is 0 Å². The van der Waals surface area contributed by atoms with Crippen LogP contribution in [-0.4, -0.2) is 68.8 Å². The van der Waals surface area contributed by atoms with Crippen molar-refractivity contribution in [3.05, 3.63) is 54.1 Å². The van der Waals surface area contributed by atoms with Gasteiger partial charge in [-0.1, -0.05) is 12.1 Å². The number of para-hydroxylation sites is 2. The van der Waals surface area contributed by atoms with E-state index in [2.05, 4.69) is 25.0 Å². The van der Waals surface area contributed by atoms with Crippen molar-refractivity contribution in [2.24, 2.45) is 10.9 Å². The molecule has 4 rings (SSSR count). The highest BCUT2D eigenvalue weighted by atomic mass is 127. The van der Waals surface area contributed by atoms with E-state index in [-0.39, 0.29) is 24.0 Å². The summed E-state index contributed by atoms with van der Waals surface area (Å²) in [4.78, 5) is 11.0. The lowest BCUT2D eigenvalue weighted by Crippen LogP contribution is -2.53. The topological polar surface area (TPSA) is 54.3 Å². The van der Waals surface area contributed by atoms with Crippen molar-refractivity contribution in [1.82, 2.24) is 10.2 Å². The van der Waals surface area contributed by atoms with Crippen molar-refractivity contribution in [3.8, 4) is 5.75 Å². The zero-order valence-corrected chi connectivity index (χ0v) is 20.5. The number of guanidine groups is 1. The van der Waals surface area contributed by atoms with Crippen LogP contribution in [0, 0.1) is 17.6 Å². The molecule has 174 valence electrons. The van der Waals surface area contributed by atoms with Gasteiger partial charge in [-0.3, -0.25) is 4.99 Å². The summed E-state index contributed by atoms with van der Waals surface area (Å²) in [5.74, 6) is -0.0177. The lowest BCUT2D eigenvalue weighted by Gasteiger charge is -2.38. The van der Waals surface area contributed by atoms with Crippen LogP contribution in [0.2, 0.25) is 0 Å². The van der Waals surface area contributed by atoms with Gasteiger partial charge in [0.1, 0.15) is 5.75 Å². The van der Waals surface area contributed by atoms with Crippen LogP contribution in [0.3, 0.4) is 0 Å². The summed E-state index contributed by atoms with van der Waals surface area (Å²) in [5.41, 5.74) is 1.60. The molecule has 6 nitrogen and oxygen atoms in total.